The molecule has 0 aliphatic carbocycles. The van der Waals surface area contributed by atoms with Crippen molar-refractivity contribution in [2.24, 2.45) is 0 Å². The zero-order valence-electron chi connectivity index (χ0n) is 17.2. The Bertz CT molecular complexity index is 1060. The number of thiophene rings is 1. The number of carbonyl (C=O) groups excluding carboxylic acids is 2. The van der Waals surface area contributed by atoms with E-state index >= 15 is 0 Å². The third kappa shape index (κ3) is 4.52. The average molecular weight is 464 g/mol. The molecule has 0 spiro atoms. The minimum atomic E-state index is -3.68. The van der Waals surface area contributed by atoms with Crippen LogP contribution >= 0.6 is 11.3 Å². The van der Waals surface area contributed by atoms with E-state index in [1.54, 1.807) is 30.0 Å². The zero-order chi connectivity index (χ0) is 22.0. The van der Waals surface area contributed by atoms with Gasteiger partial charge in [-0.3, -0.25) is 9.59 Å². The number of benzene rings is 1. The van der Waals surface area contributed by atoms with Crippen molar-refractivity contribution in [3.05, 3.63) is 46.2 Å². The summed E-state index contributed by atoms with van der Waals surface area (Å²) in [6, 6.07) is 7.86. The molecule has 0 saturated carbocycles. The van der Waals surface area contributed by atoms with Crippen molar-refractivity contribution in [1.29, 1.82) is 0 Å². The number of hydrogen-bond donors (Lipinski definition) is 1. The van der Waals surface area contributed by atoms with Crippen LogP contribution < -0.4 is 5.32 Å². The number of nitrogens with zero attached hydrogens (tertiary/aromatic N) is 2. The van der Waals surface area contributed by atoms with Gasteiger partial charge in [-0.2, -0.15) is 4.31 Å². The molecule has 31 heavy (non-hydrogen) atoms. The Kier molecular flexibility index (Phi) is 6.42. The fourth-order valence-corrected chi connectivity index (χ4v) is 6.27. The van der Waals surface area contributed by atoms with Crippen molar-refractivity contribution in [3.63, 3.8) is 0 Å². The summed E-state index contributed by atoms with van der Waals surface area (Å²) in [5, 5.41) is 4.65. The maximum Gasteiger partial charge on any atom is 0.264 e. The molecule has 10 heteroatoms. The number of sulfonamides is 1. The van der Waals surface area contributed by atoms with Crippen LogP contribution in [0.5, 0.6) is 0 Å². The Morgan fingerprint density at radius 3 is 2.65 bits per heavy atom. The highest BCUT2D eigenvalue weighted by Gasteiger charge is 2.35. The number of amides is 2. The molecule has 2 aliphatic rings. The Morgan fingerprint density at radius 1 is 1.16 bits per heavy atom. The molecule has 2 fully saturated rings. The van der Waals surface area contributed by atoms with Crippen molar-refractivity contribution in [3.8, 4) is 0 Å². The summed E-state index contributed by atoms with van der Waals surface area (Å²) in [4.78, 5) is 28.1. The van der Waals surface area contributed by atoms with Crippen molar-refractivity contribution >= 4 is 38.9 Å². The lowest BCUT2D eigenvalue weighted by molar-refractivity contribution is -0.119. The number of ether oxygens (including phenoxy) is 1. The summed E-state index contributed by atoms with van der Waals surface area (Å²) >= 11 is 1.35. The summed E-state index contributed by atoms with van der Waals surface area (Å²) in [7, 11) is -3.68. The smallest absolute Gasteiger partial charge is 0.264 e. The van der Waals surface area contributed by atoms with Crippen LogP contribution in [0.3, 0.4) is 0 Å². The SMILES string of the molecule is Cc1ccc(NC(=O)[C@@H]2CCCN2C(=O)c2cccs2)cc1S(=O)(=O)N1CCOCC1. The Morgan fingerprint density at radius 2 is 1.94 bits per heavy atom. The minimum absolute atomic E-state index is 0.146. The second-order valence-corrected chi connectivity index (χ2v) is 10.5. The monoisotopic (exact) mass is 463 g/mol. The number of nitrogens with one attached hydrogen (secondary N) is 1. The first-order valence-corrected chi connectivity index (χ1v) is 12.5. The maximum atomic E-state index is 13.1. The number of rotatable bonds is 5. The number of hydrogen-bond acceptors (Lipinski definition) is 6. The van der Waals surface area contributed by atoms with Gasteiger partial charge in [0, 0.05) is 25.3 Å². The van der Waals surface area contributed by atoms with Gasteiger partial charge in [-0.25, -0.2) is 8.42 Å². The lowest BCUT2D eigenvalue weighted by atomic mass is 10.2. The first kappa shape index (κ1) is 21.9. The quantitative estimate of drug-likeness (QED) is 0.734. The van der Waals surface area contributed by atoms with E-state index in [4.69, 9.17) is 4.74 Å². The van der Waals surface area contributed by atoms with E-state index in [9.17, 15) is 18.0 Å². The van der Waals surface area contributed by atoms with Crippen LogP contribution in [0.2, 0.25) is 0 Å². The fourth-order valence-electron chi connectivity index (χ4n) is 3.93. The number of carbonyl (C=O) groups is 2. The second-order valence-electron chi connectivity index (χ2n) is 7.62. The number of aryl methyl sites for hydroxylation is 1. The van der Waals surface area contributed by atoms with Crippen molar-refractivity contribution < 1.29 is 22.7 Å². The van der Waals surface area contributed by atoms with E-state index in [1.165, 1.54) is 21.7 Å². The predicted molar refractivity (Wildman–Crippen MR) is 118 cm³/mol. The maximum absolute atomic E-state index is 13.1. The molecule has 2 aromatic rings. The van der Waals surface area contributed by atoms with E-state index in [-0.39, 0.29) is 16.7 Å². The summed E-state index contributed by atoms with van der Waals surface area (Å²) in [5.74, 6) is -0.451. The highest BCUT2D eigenvalue weighted by atomic mass is 32.2. The normalized spacial score (nSPS) is 20.0. The summed E-state index contributed by atoms with van der Waals surface area (Å²) in [6.07, 6.45) is 1.33. The summed E-state index contributed by atoms with van der Waals surface area (Å²) in [5.41, 5.74) is 1.01. The van der Waals surface area contributed by atoms with Crippen LogP contribution in [-0.4, -0.2) is 68.3 Å². The standard InChI is InChI=1S/C21H25N3O5S2/c1-15-6-7-16(14-19(15)31(27,28)23-9-11-29-12-10-23)22-20(25)17-4-2-8-24(17)21(26)18-5-3-13-30-18/h3,5-7,13-14,17H,2,4,8-12H2,1H3,(H,22,25)/t17-/m0/s1. The van der Waals surface area contributed by atoms with Gasteiger partial charge in [0.15, 0.2) is 0 Å². The first-order valence-electron chi connectivity index (χ1n) is 10.2. The van der Waals surface area contributed by atoms with Crippen LogP contribution in [0, 0.1) is 6.92 Å². The lowest BCUT2D eigenvalue weighted by Crippen LogP contribution is -2.43. The molecular formula is C21H25N3O5S2. The fraction of sp³-hybridized carbons (Fsp3) is 0.429. The molecule has 1 atom stereocenters. The molecular weight excluding hydrogens is 438 g/mol. The van der Waals surface area contributed by atoms with Gasteiger partial charge >= 0.3 is 0 Å². The van der Waals surface area contributed by atoms with Crippen LogP contribution in [0.1, 0.15) is 28.1 Å². The van der Waals surface area contributed by atoms with Crippen LogP contribution in [-0.2, 0) is 19.6 Å². The van der Waals surface area contributed by atoms with Crippen LogP contribution in [0.4, 0.5) is 5.69 Å². The molecule has 2 aliphatic heterocycles. The molecule has 2 amide bonds. The molecule has 0 bridgehead atoms. The molecule has 0 radical (unpaired) electrons. The average Bonchev–Trinajstić information content (AvgIpc) is 3.47. The molecule has 8 nitrogen and oxygen atoms in total. The predicted octanol–water partition coefficient (Wildman–Crippen LogP) is 2.32. The Hall–Kier alpha value is -2.27. The molecule has 3 heterocycles. The van der Waals surface area contributed by atoms with Crippen molar-refractivity contribution in [2.75, 3.05) is 38.2 Å². The van der Waals surface area contributed by atoms with Gasteiger partial charge in [-0.15, -0.1) is 11.3 Å². The van der Waals surface area contributed by atoms with Gasteiger partial charge in [-0.1, -0.05) is 12.1 Å². The highest BCUT2D eigenvalue weighted by molar-refractivity contribution is 7.89. The molecule has 1 N–H and O–H groups in total. The van der Waals surface area contributed by atoms with E-state index in [1.807, 2.05) is 11.4 Å². The Labute approximate surface area is 185 Å². The number of morpholine rings is 1. The van der Waals surface area contributed by atoms with Crippen molar-refractivity contribution in [1.82, 2.24) is 9.21 Å². The minimum Gasteiger partial charge on any atom is -0.379 e. The zero-order valence-corrected chi connectivity index (χ0v) is 18.9. The van der Waals surface area contributed by atoms with Crippen LogP contribution in [0.25, 0.3) is 0 Å². The van der Waals surface area contributed by atoms with Gasteiger partial charge in [0.25, 0.3) is 5.91 Å². The molecule has 1 aromatic carbocycles. The highest BCUT2D eigenvalue weighted by Crippen LogP contribution is 2.27. The van der Waals surface area contributed by atoms with Gasteiger partial charge in [-0.05, 0) is 48.9 Å². The summed E-state index contributed by atoms with van der Waals surface area (Å²) in [6.45, 7) is 3.60. The van der Waals surface area contributed by atoms with E-state index in [2.05, 4.69) is 5.32 Å². The second kappa shape index (κ2) is 9.07. The first-order chi connectivity index (χ1) is 14.9. The van der Waals surface area contributed by atoms with E-state index in [0.717, 1.165) is 6.42 Å². The Balaban J connectivity index is 1.52. The number of likely N-dealkylation sites (tertiary alicyclic amines) is 1. The molecule has 1 aromatic heterocycles. The van der Waals surface area contributed by atoms with E-state index in [0.29, 0.717) is 55.4 Å². The van der Waals surface area contributed by atoms with Gasteiger partial charge in [0.1, 0.15) is 6.04 Å². The molecule has 166 valence electrons. The van der Waals surface area contributed by atoms with Gasteiger partial charge in [0.2, 0.25) is 15.9 Å². The lowest BCUT2D eigenvalue weighted by Gasteiger charge is -2.27. The molecule has 4 rings (SSSR count). The molecule has 2 saturated heterocycles. The number of anilines is 1. The van der Waals surface area contributed by atoms with Crippen molar-refractivity contribution in [2.45, 2.75) is 30.7 Å². The third-order valence-electron chi connectivity index (χ3n) is 5.59. The molecule has 0 unspecified atom stereocenters. The summed E-state index contributed by atoms with van der Waals surface area (Å²) < 4.78 is 32.8. The van der Waals surface area contributed by atoms with E-state index < -0.39 is 16.1 Å². The van der Waals surface area contributed by atoms with Gasteiger partial charge < -0.3 is 15.0 Å². The largest absolute Gasteiger partial charge is 0.379 e. The third-order valence-corrected chi connectivity index (χ3v) is 8.49. The topological polar surface area (TPSA) is 96.0 Å². The van der Waals surface area contributed by atoms with Gasteiger partial charge in [0.05, 0.1) is 23.0 Å². The van der Waals surface area contributed by atoms with Crippen LogP contribution in [0.15, 0.2) is 40.6 Å².